The molecule has 3 atom stereocenters. The number of carbonyl (C=O) groups is 2. The van der Waals surface area contributed by atoms with Gasteiger partial charge in [0.05, 0.1) is 16.6 Å². The van der Waals surface area contributed by atoms with Crippen LogP contribution in [-0.2, 0) is 9.53 Å². The second kappa shape index (κ2) is 7.47. The highest BCUT2D eigenvalue weighted by atomic mass is 32.2. The maximum absolute atomic E-state index is 13.0. The molecule has 1 aromatic rings. The van der Waals surface area contributed by atoms with Crippen LogP contribution in [-0.4, -0.2) is 52.1 Å². The first kappa shape index (κ1) is 18.2. The number of esters is 1. The molecule has 2 aliphatic heterocycles. The first-order chi connectivity index (χ1) is 12.6. The highest BCUT2D eigenvalue weighted by molar-refractivity contribution is 8.21. The number of hydrogen-bond donors (Lipinski definition) is 0. The quantitative estimate of drug-likeness (QED) is 0.738. The van der Waals surface area contributed by atoms with Crippen LogP contribution in [0, 0.1) is 17.8 Å². The van der Waals surface area contributed by atoms with Crippen LogP contribution in [0.3, 0.4) is 0 Å². The Labute approximate surface area is 163 Å². The molecule has 4 nitrogen and oxygen atoms in total. The molecule has 1 amide bonds. The molecule has 0 radical (unpaired) electrons. The van der Waals surface area contributed by atoms with Gasteiger partial charge in [0.25, 0.3) is 5.91 Å². The van der Waals surface area contributed by atoms with Gasteiger partial charge in [-0.15, -0.1) is 23.5 Å². The monoisotopic (exact) mass is 391 g/mol. The molecule has 6 heteroatoms. The zero-order valence-electron chi connectivity index (χ0n) is 15.1. The average molecular weight is 392 g/mol. The normalized spacial score (nSPS) is 29.6. The Balaban J connectivity index is 1.56. The van der Waals surface area contributed by atoms with Crippen LogP contribution >= 0.6 is 23.5 Å². The van der Waals surface area contributed by atoms with Crippen molar-refractivity contribution in [3.63, 3.8) is 0 Å². The van der Waals surface area contributed by atoms with E-state index in [1.54, 1.807) is 0 Å². The standard InChI is InChI=1S/C20H25NO3S2/c1-2-24-19(23)15-10-16-12-21(18(22)14-6-4-3-5-7-14)13-17(11-15)20(16)25-8-9-26-20/h3-7,15-17H,2,8-13H2,1H3/t15?,16-,17+. The lowest BCUT2D eigenvalue weighted by Gasteiger charge is -2.54. The topological polar surface area (TPSA) is 46.6 Å². The number of likely N-dealkylation sites (tertiary alicyclic amines) is 1. The van der Waals surface area contributed by atoms with Crippen molar-refractivity contribution in [3.8, 4) is 0 Å². The van der Waals surface area contributed by atoms with Crippen LogP contribution in [0.4, 0.5) is 0 Å². The van der Waals surface area contributed by atoms with E-state index in [4.69, 9.17) is 4.74 Å². The Kier molecular flexibility index (Phi) is 5.24. The summed E-state index contributed by atoms with van der Waals surface area (Å²) < 4.78 is 5.50. The molecule has 1 spiro atoms. The average Bonchev–Trinajstić information content (AvgIpc) is 3.11. The number of nitrogens with zero attached hydrogens (tertiary/aromatic N) is 1. The summed E-state index contributed by atoms with van der Waals surface area (Å²) in [6.07, 6.45) is 1.68. The Morgan fingerprint density at radius 1 is 1.12 bits per heavy atom. The van der Waals surface area contributed by atoms with Gasteiger partial charge in [0.2, 0.25) is 0 Å². The molecule has 1 aliphatic carbocycles. The summed E-state index contributed by atoms with van der Waals surface area (Å²) in [4.78, 5) is 27.4. The second-order valence-corrected chi connectivity index (χ2v) is 10.3. The van der Waals surface area contributed by atoms with E-state index in [0.717, 1.165) is 31.5 Å². The van der Waals surface area contributed by atoms with E-state index < -0.39 is 0 Å². The molecule has 1 saturated carbocycles. The summed E-state index contributed by atoms with van der Waals surface area (Å²) >= 11 is 4.13. The third-order valence-corrected chi connectivity index (χ3v) is 9.84. The second-order valence-electron chi connectivity index (χ2n) is 7.31. The molecule has 0 N–H and O–H groups in total. The minimum atomic E-state index is -0.0480. The van der Waals surface area contributed by atoms with Crippen molar-refractivity contribution in [1.82, 2.24) is 4.90 Å². The van der Waals surface area contributed by atoms with Gasteiger partial charge in [0, 0.05) is 42.0 Å². The van der Waals surface area contributed by atoms with Crippen LogP contribution in [0.1, 0.15) is 30.1 Å². The largest absolute Gasteiger partial charge is 0.466 e. The van der Waals surface area contributed by atoms with Gasteiger partial charge < -0.3 is 9.64 Å². The highest BCUT2D eigenvalue weighted by Gasteiger charge is 2.57. The molecule has 3 aliphatic rings. The highest BCUT2D eigenvalue weighted by Crippen LogP contribution is 2.61. The summed E-state index contributed by atoms with van der Waals surface area (Å²) in [5.41, 5.74) is 0.759. The van der Waals surface area contributed by atoms with E-state index in [1.807, 2.05) is 42.2 Å². The summed E-state index contributed by atoms with van der Waals surface area (Å²) in [6.45, 7) is 3.81. The summed E-state index contributed by atoms with van der Waals surface area (Å²) in [7, 11) is 0. The minimum absolute atomic E-state index is 0.00801. The van der Waals surface area contributed by atoms with E-state index in [0.29, 0.717) is 18.4 Å². The van der Waals surface area contributed by atoms with E-state index >= 15 is 0 Å². The summed E-state index contributed by atoms with van der Waals surface area (Å²) in [5, 5.41) is 0. The van der Waals surface area contributed by atoms with E-state index in [2.05, 4.69) is 23.5 Å². The maximum Gasteiger partial charge on any atom is 0.308 e. The number of rotatable bonds is 3. The van der Waals surface area contributed by atoms with Crippen molar-refractivity contribution in [2.75, 3.05) is 31.2 Å². The molecule has 1 aromatic carbocycles. The predicted molar refractivity (Wildman–Crippen MR) is 106 cm³/mol. The van der Waals surface area contributed by atoms with Gasteiger partial charge in [-0.05, 0) is 31.9 Å². The van der Waals surface area contributed by atoms with Crippen molar-refractivity contribution in [3.05, 3.63) is 35.9 Å². The molecule has 2 bridgehead atoms. The molecule has 3 fully saturated rings. The number of benzene rings is 1. The van der Waals surface area contributed by atoms with Crippen molar-refractivity contribution >= 4 is 35.4 Å². The third-order valence-electron chi connectivity index (χ3n) is 5.82. The smallest absolute Gasteiger partial charge is 0.308 e. The number of carbonyl (C=O) groups excluding carboxylic acids is 2. The van der Waals surface area contributed by atoms with Gasteiger partial charge in [0.1, 0.15) is 0 Å². The Morgan fingerprint density at radius 2 is 1.73 bits per heavy atom. The first-order valence-electron chi connectivity index (χ1n) is 9.43. The lowest BCUT2D eigenvalue weighted by molar-refractivity contribution is -0.151. The fourth-order valence-electron chi connectivity index (χ4n) is 4.75. The lowest BCUT2D eigenvalue weighted by atomic mass is 9.71. The third kappa shape index (κ3) is 3.15. The van der Waals surface area contributed by atoms with Crippen LogP contribution in [0.15, 0.2) is 30.3 Å². The molecular weight excluding hydrogens is 366 g/mol. The van der Waals surface area contributed by atoms with E-state index in [9.17, 15) is 9.59 Å². The van der Waals surface area contributed by atoms with Crippen LogP contribution in [0.2, 0.25) is 0 Å². The minimum Gasteiger partial charge on any atom is -0.466 e. The SMILES string of the molecule is CCOC(=O)C1C[C@@H]2CN(C(=O)c3ccccc3)C[C@H](C1)C21SCCS1. The summed E-state index contributed by atoms with van der Waals surface area (Å²) in [5.74, 6) is 3.13. The molecule has 4 rings (SSSR count). The molecule has 2 saturated heterocycles. The molecule has 2 heterocycles. The fourth-order valence-corrected chi connectivity index (χ4v) is 8.52. The number of thioether (sulfide) groups is 2. The Morgan fingerprint density at radius 3 is 2.31 bits per heavy atom. The summed E-state index contributed by atoms with van der Waals surface area (Å²) in [6, 6.07) is 9.55. The fraction of sp³-hybridized carbons (Fsp3) is 0.600. The first-order valence-corrected chi connectivity index (χ1v) is 11.4. The van der Waals surface area contributed by atoms with E-state index in [-0.39, 0.29) is 21.9 Å². The molecule has 0 aromatic heterocycles. The molecule has 140 valence electrons. The zero-order valence-corrected chi connectivity index (χ0v) is 16.7. The lowest BCUT2D eigenvalue weighted by Crippen LogP contribution is -2.59. The van der Waals surface area contributed by atoms with Gasteiger partial charge in [-0.2, -0.15) is 0 Å². The zero-order chi connectivity index (χ0) is 18.1. The number of piperidine rings is 1. The van der Waals surface area contributed by atoms with Crippen molar-refractivity contribution in [1.29, 1.82) is 0 Å². The molecule has 26 heavy (non-hydrogen) atoms. The van der Waals surface area contributed by atoms with Gasteiger partial charge in [-0.1, -0.05) is 18.2 Å². The maximum atomic E-state index is 13.0. The van der Waals surface area contributed by atoms with Gasteiger partial charge in [-0.25, -0.2) is 0 Å². The van der Waals surface area contributed by atoms with Crippen LogP contribution in [0.25, 0.3) is 0 Å². The van der Waals surface area contributed by atoms with Crippen molar-refractivity contribution in [2.24, 2.45) is 17.8 Å². The van der Waals surface area contributed by atoms with Crippen molar-refractivity contribution < 1.29 is 14.3 Å². The predicted octanol–water partition coefficient (Wildman–Crippen LogP) is 3.52. The number of ether oxygens (including phenoxy) is 1. The number of amides is 1. The Bertz CT molecular complexity index is 657. The number of hydrogen-bond acceptors (Lipinski definition) is 5. The van der Waals surface area contributed by atoms with Gasteiger partial charge in [-0.3, -0.25) is 9.59 Å². The van der Waals surface area contributed by atoms with Crippen molar-refractivity contribution in [2.45, 2.75) is 23.8 Å². The van der Waals surface area contributed by atoms with E-state index in [1.165, 1.54) is 11.5 Å². The van der Waals surface area contributed by atoms with Gasteiger partial charge in [0.15, 0.2) is 0 Å². The Hall–Kier alpha value is -1.14. The molecule has 1 unspecified atom stereocenters. The van der Waals surface area contributed by atoms with Crippen LogP contribution < -0.4 is 0 Å². The molecular formula is C20H25NO3S2. The van der Waals surface area contributed by atoms with Crippen LogP contribution in [0.5, 0.6) is 0 Å². The van der Waals surface area contributed by atoms with Gasteiger partial charge >= 0.3 is 5.97 Å².